The summed E-state index contributed by atoms with van der Waals surface area (Å²) in [5.41, 5.74) is 7.41. The van der Waals surface area contributed by atoms with E-state index in [1.54, 1.807) is 45.9 Å². The molecule has 8 heteroatoms. The van der Waals surface area contributed by atoms with E-state index in [1.165, 1.54) is 25.1 Å². The molecule has 3 N–H and O–H groups in total. The normalized spacial score (nSPS) is 16.6. The van der Waals surface area contributed by atoms with Crippen molar-refractivity contribution >= 4 is 29.3 Å². The molecular formula is C23H26FN3O4. The number of amides is 3. The first-order chi connectivity index (χ1) is 14.4. The van der Waals surface area contributed by atoms with Gasteiger partial charge in [0.2, 0.25) is 5.91 Å². The average Bonchev–Trinajstić information content (AvgIpc) is 2.74. The summed E-state index contributed by atoms with van der Waals surface area (Å²) in [7, 11) is 0. The van der Waals surface area contributed by atoms with Crippen LogP contribution in [-0.4, -0.2) is 29.6 Å². The molecule has 0 aliphatic carbocycles. The second-order valence-corrected chi connectivity index (χ2v) is 8.57. The summed E-state index contributed by atoms with van der Waals surface area (Å²) in [4.78, 5) is 39.8. The van der Waals surface area contributed by atoms with Crippen LogP contribution in [0.4, 0.5) is 20.6 Å². The number of ether oxygens (including phenoxy) is 1. The number of hydrogen-bond acceptors (Lipinski definition) is 5. The smallest absolute Gasteiger partial charge is 0.408 e. The van der Waals surface area contributed by atoms with E-state index in [4.69, 9.17) is 10.5 Å². The number of nitrogens with zero attached hydrogens (tertiary/aromatic N) is 1. The van der Waals surface area contributed by atoms with Crippen LogP contribution in [0.1, 0.15) is 46.1 Å². The molecule has 0 radical (unpaired) electrons. The second-order valence-electron chi connectivity index (χ2n) is 8.57. The van der Waals surface area contributed by atoms with Crippen LogP contribution in [-0.2, 0) is 14.3 Å². The largest absolute Gasteiger partial charge is 0.444 e. The Morgan fingerprint density at radius 3 is 2.55 bits per heavy atom. The minimum absolute atomic E-state index is 0.240. The number of benzene rings is 2. The van der Waals surface area contributed by atoms with Gasteiger partial charge in [-0.1, -0.05) is 12.1 Å². The highest BCUT2D eigenvalue weighted by Gasteiger charge is 2.38. The molecule has 164 valence electrons. The first-order valence-electron chi connectivity index (χ1n) is 9.96. The lowest BCUT2D eigenvalue weighted by atomic mass is 9.91. The van der Waals surface area contributed by atoms with E-state index in [-0.39, 0.29) is 5.69 Å². The topological polar surface area (TPSA) is 102 Å². The van der Waals surface area contributed by atoms with Gasteiger partial charge < -0.3 is 15.8 Å². The predicted molar refractivity (Wildman–Crippen MR) is 116 cm³/mol. The third-order valence-electron chi connectivity index (χ3n) is 4.98. The van der Waals surface area contributed by atoms with Crippen LogP contribution >= 0.6 is 0 Å². The van der Waals surface area contributed by atoms with E-state index in [2.05, 4.69) is 5.32 Å². The lowest BCUT2D eigenvalue weighted by Crippen LogP contribution is -2.51. The van der Waals surface area contributed by atoms with Gasteiger partial charge in [0.1, 0.15) is 17.5 Å². The van der Waals surface area contributed by atoms with Gasteiger partial charge in [-0.25, -0.2) is 14.1 Å². The van der Waals surface area contributed by atoms with Crippen molar-refractivity contribution in [1.82, 2.24) is 5.32 Å². The molecule has 0 saturated heterocycles. The van der Waals surface area contributed by atoms with Crippen LogP contribution in [0.3, 0.4) is 0 Å². The van der Waals surface area contributed by atoms with E-state index in [1.807, 2.05) is 0 Å². The number of hydrogen-bond donors (Lipinski definition) is 2. The van der Waals surface area contributed by atoms with Crippen molar-refractivity contribution in [3.05, 3.63) is 47.8 Å². The predicted octanol–water partition coefficient (Wildman–Crippen LogP) is 3.96. The van der Waals surface area contributed by atoms with Crippen LogP contribution in [0.25, 0.3) is 11.1 Å². The van der Waals surface area contributed by atoms with Crippen molar-refractivity contribution in [1.29, 1.82) is 0 Å². The van der Waals surface area contributed by atoms with Gasteiger partial charge in [0.15, 0.2) is 0 Å². The monoisotopic (exact) mass is 427 g/mol. The maximum Gasteiger partial charge on any atom is 0.408 e. The standard InChI is InChI=1S/C23H26FN3O4/c1-12-15-10-9-14(24)11-16(15)19-17(25)7-6-8-18(19)27(20(12)28)21(29)13(2)26-22(30)31-23(3,4)5/h6-13H,25H2,1-5H3,(H,26,30)/t12?,13-/m0/s1. The van der Waals surface area contributed by atoms with Crippen LogP contribution in [0.5, 0.6) is 0 Å². The van der Waals surface area contributed by atoms with Gasteiger partial charge in [-0.2, -0.15) is 0 Å². The van der Waals surface area contributed by atoms with Crippen LogP contribution < -0.4 is 16.0 Å². The summed E-state index contributed by atoms with van der Waals surface area (Å²) in [6.07, 6.45) is -0.776. The van der Waals surface area contributed by atoms with Gasteiger partial charge in [-0.3, -0.25) is 9.59 Å². The fourth-order valence-electron chi connectivity index (χ4n) is 3.57. The molecular weight excluding hydrogens is 401 g/mol. The van der Waals surface area contributed by atoms with Gasteiger partial charge in [0.25, 0.3) is 5.91 Å². The fourth-order valence-corrected chi connectivity index (χ4v) is 3.57. The Morgan fingerprint density at radius 2 is 1.90 bits per heavy atom. The number of halogens is 1. The summed E-state index contributed by atoms with van der Waals surface area (Å²) in [6.45, 7) is 8.22. The second kappa shape index (κ2) is 8.02. The molecule has 1 unspecified atom stereocenters. The number of rotatable bonds is 2. The maximum atomic E-state index is 14.1. The molecule has 7 nitrogen and oxygen atoms in total. The number of fused-ring (bicyclic) bond motifs is 3. The zero-order valence-corrected chi connectivity index (χ0v) is 18.2. The van der Waals surface area contributed by atoms with Crippen molar-refractivity contribution in [3.63, 3.8) is 0 Å². The number of carbonyl (C=O) groups excluding carboxylic acids is 3. The number of nitrogen functional groups attached to an aromatic ring is 1. The number of alkyl carbamates (subject to hydrolysis) is 1. The molecule has 1 heterocycles. The van der Waals surface area contributed by atoms with Crippen molar-refractivity contribution in [2.24, 2.45) is 0 Å². The molecule has 1 aliphatic heterocycles. The Labute approximate surface area is 180 Å². The molecule has 0 fully saturated rings. The summed E-state index contributed by atoms with van der Waals surface area (Å²) in [5.74, 6) is -2.37. The number of carbonyl (C=O) groups is 3. The van der Waals surface area contributed by atoms with Gasteiger partial charge >= 0.3 is 6.09 Å². The number of anilines is 2. The van der Waals surface area contributed by atoms with E-state index < -0.39 is 41.3 Å². The van der Waals surface area contributed by atoms with E-state index in [9.17, 15) is 18.8 Å². The molecule has 0 saturated carbocycles. The Kier molecular flexibility index (Phi) is 5.76. The number of nitrogens with two attached hydrogens (primary N) is 1. The molecule has 0 spiro atoms. The molecule has 0 bridgehead atoms. The zero-order valence-electron chi connectivity index (χ0n) is 18.2. The quantitative estimate of drug-likeness (QED) is 0.707. The minimum atomic E-state index is -1.06. The van der Waals surface area contributed by atoms with Crippen LogP contribution in [0.2, 0.25) is 0 Å². The summed E-state index contributed by atoms with van der Waals surface area (Å²) in [5, 5.41) is 2.47. The first kappa shape index (κ1) is 22.3. The third-order valence-corrected chi connectivity index (χ3v) is 4.98. The maximum absolute atomic E-state index is 14.1. The Bertz CT molecular complexity index is 1060. The number of imide groups is 1. The first-order valence-corrected chi connectivity index (χ1v) is 9.96. The van der Waals surface area contributed by atoms with Gasteiger partial charge in [0, 0.05) is 11.3 Å². The van der Waals surface area contributed by atoms with Crippen molar-refractivity contribution < 1.29 is 23.5 Å². The highest BCUT2D eigenvalue weighted by atomic mass is 19.1. The molecule has 3 amide bonds. The molecule has 1 aliphatic rings. The van der Waals surface area contributed by atoms with Crippen LogP contribution in [0.15, 0.2) is 36.4 Å². The van der Waals surface area contributed by atoms with E-state index >= 15 is 0 Å². The Hall–Kier alpha value is -3.42. The summed E-state index contributed by atoms with van der Waals surface area (Å²) < 4.78 is 19.3. The Balaban J connectivity index is 2.06. The molecule has 3 rings (SSSR count). The van der Waals surface area contributed by atoms with Gasteiger partial charge in [-0.05, 0) is 70.0 Å². The lowest BCUT2D eigenvalue weighted by molar-refractivity contribution is -0.128. The van der Waals surface area contributed by atoms with E-state index in [0.29, 0.717) is 22.4 Å². The lowest BCUT2D eigenvalue weighted by Gasteiger charge is -2.27. The van der Waals surface area contributed by atoms with Crippen molar-refractivity contribution in [2.45, 2.75) is 52.2 Å². The highest BCUT2D eigenvalue weighted by Crippen LogP contribution is 2.44. The molecule has 2 aromatic carbocycles. The molecule has 31 heavy (non-hydrogen) atoms. The Morgan fingerprint density at radius 1 is 1.23 bits per heavy atom. The zero-order chi connectivity index (χ0) is 23.1. The third kappa shape index (κ3) is 4.38. The molecule has 2 atom stereocenters. The van der Waals surface area contributed by atoms with E-state index in [0.717, 1.165) is 4.90 Å². The molecule has 0 aromatic heterocycles. The van der Waals surface area contributed by atoms with Crippen LogP contribution in [0, 0.1) is 5.82 Å². The molecule has 2 aromatic rings. The number of nitrogens with one attached hydrogen (secondary N) is 1. The summed E-state index contributed by atoms with van der Waals surface area (Å²) in [6, 6.07) is 7.87. The van der Waals surface area contributed by atoms with Gasteiger partial charge in [-0.15, -0.1) is 0 Å². The average molecular weight is 427 g/mol. The SMILES string of the molecule is CC1C(=O)N(C(=O)[C@H](C)NC(=O)OC(C)(C)C)c2cccc(N)c2-c2cc(F)ccc21. The summed E-state index contributed by atoms with van der Waals surface area (Å²) >= 11 is 0. The van der Waals surface area contributed by atoms with Gasteiger partial charge in [0.05, 0.1) is 11.6 Å². The van der Waals surface area contributed by atoms with Crippen molar-refractivity contribution in [2.75, 3.05) is 10.6 Å². The minimum Gasteiger partial charge on any atom is -0.444 e. The highest BCUT2D eigenvalue weighted by molar-refractivity contribution is 6.22. The fraction of sp³-hybridized carbons (Fsp3) is 0.348. The van der Waals surface area contributed by atoms with Crippen molar-refractivity contribution in [3.8, 4) is 11.1 Å².